The molecule has 1 N–H and O–H groups in total. The van der Waals surface area contributed by atoms with Crippen LogP contribution in [0.15, 0.2) is 66.5 Å². The zero-order valence-electron chi connectivity index (χ0n) is 8.43. The van der Waals surface area contributed by atoms with Crippen molar-refractivity contribution in [1.29, 1.82) is 0 Å². The zero-order chi connectivity index (χ0) is 10.9. The average Bonchev–Trinajstić information content (AvgIpc) is 2.29. The first-order chi connectivity index (χ1) is 7.36. The summed E-state index contributed by atoms with van der Waals surface area (Å²) in [5.41, 5.74) is 3.69. The third kappa shape index (κ3) is 4.04. The van der Waals surface area contributed by atoms with Crippen LogP contribution in [0, 0.1) is 0 Å². The van der Waals surface area contributed by atoms with Crippen LogP contribution < -0.4 is 5.43 Å². The van der Waals surface area contributed by atoms with Gasteiger partial charge in [-0.15, -0.1) is 0 Å². The van der Waals surface area contributed by atoms with Crippen LogP contribution in [0.3, 0.4) is 0 Å². The Morgan fingerprint density at radius 3 is 2.87 bits per heavy atom. The number of pyridine rings is 1. The van der Waals surface area contributed by atoms with Crippen molar-refractivity contribution in [3.8, 4) is 0 Å². The molecule has 1 aromatic rings. The predicted octanol–water partition coefficient (Wildman–Crippen LogP) is 2.78. The standard InChI is InChI=1S/C12H13N3/c1-3-7-11(4-2)10-14-15-12-8-5-6-9-13-12/h3-10H,1-2H2,(H,13,15)/b11-7+,14-10+. The van der Waals surface area contributed by atoms with Gasteiger partial charge in [0.05, 0.1) is 6.21 Å². The molecule has 0 bridgehead atoms. The molecule has 3 heteroatoms. The number of allylic oxidation sites excluding steroid dienone is 4. The molecule has 0 aliphatic rings. The first-order valence-corrected chi connectivity index (χ1v) is 4.52. The van der Waals surface area contributed by atoms with Gasteiger partial charge in [-0.1, -0.05) is 37.5 Å². The number of nitrogens with zero attached hydrogens (tertiary/aromatic N) is 2. The lowest BCUT2D eigenvalue weighted by Crippen LogP contribution is -1.92. The molecule has 3 nitrogen and oxygen atoms in total. The molecule has 76 valence electrons. The Hall–Kier alpha value is -2.16. The van der Waals surface area contributed by atoms with Crippen molar-refractivity contribution < 1.29 is 0 Å². The highest BCUT2D eigenvalue weighted by Crippen LogP contribution is 1.99. The SMILES string of the molecule is C=C/C=C(C=C)/C=N/Nc1ccccn1. The Morgan fingerprint density at radius 2 is 2.27 bits per heavy atom. The second-order valence-corrected chi connectivity index (χ2v) is 2.69. The molecular formula is C12H13N3. The molecule has 0 aromatic carbocycles. The van der Waals surface area contributed by atoms with E-state index in [-0.39, 0.29) is 0 Å². The molecule has 0 saturated carbocycles. The summed E-state index contributed by atoms with van der Waals surface area (Å²) < 4.78 is 0. The van der Waals surface area contributed by atoms with Gasteiger partial charge in [0.15, 0.2) is 0 Å². The lowest BCUT2D eigenvalue weighted by Gasteiger charge is -1.96. The molecule has 0 spiro atoms. The average molecular weight is 199 g/mol. The molecule has 1 aromatic heterocycles. The van der Waals surface area contributed by atoms with Crippen molar-refractivity contribution in [2.75, 3.05) is 5.43 Å². The summed E-state index contributed by atoms with van der Waals surface area (Å²) in [6.07, 6.45) is 8.56. The van der Waals surface area contributed by atoms with Crippen LogP contribution in [0.2, 0.25) is 0 Å². The summed E-state index contributed by atoms with van der Waals surface area (Å²) in [6.45, 7) is 7.25. The van der Waals surface area contributed by atoms with Crippen molar-refractivity contribution in [2.45, 2.75) is 0 Å². The molecule has 0 aliphatic carbocycles. The van der Waals surface area contributed by atoms with Crippen LogP contribution in [-0.4, -0.2) is 11.2 Å². The highest BCUT2D eigenvalue weighted by atomic mass is 15.3. The normalized spacial score (nSPS) is 11.3. The predicted molar refractivity (Wildman–Crippen MR) is 64.8 cm³/mol. The summed E-state index contributed by atoms with van der Waals surface area (Å²) in [6, 6.07) is 5.57. The molecule has 0 saturated heterocycles. The quantitative estimate of drug-likeness (QED) is 0.450. The van der Waals surface area contributed by atoms with Gasteiger partial charge < -0.3 is 0 Å². The number of aromatic nitrogens is 1. The van der Waals surface area contributed by atoms with E-state index in [1.54, 1.807) is 24.6 Å². The smallest absolute Gasteiger partial charge is 0.146 e. The molecule has 1 rings (SSSR count). The van der Waals surface area contributed by atoms with Crippen molar-refractivity contribution in [2.24, 2.45) is 5.10 Å². The van der Waals surface area contributed by atoms with Crippen LogP contribution in [0.1, 0.15) is 0 Å². The second kappa shape index (κ2) is 6.32. The van der Waals surface area contributed by atoms with Gasteiger partial charge in [0.25, 0.3) is 0 Å². The van der Waals surface area contributed by atoms with E-state index in [1.807, 2.05) is 24.3 Å². The van der Waals surface area contributed by atoms with Gasteiger partial charge in [-0.25, -0.2) is 4.98 Å². The molecule has 0 amide bonds. The molecule has 0 unspecified atom stereocenters. The zero-order valence-corrected chi connectivity index (χ0v) is 8.43. The Bertz CT molecular complexity index is 377. The van der Waals surface area contributed by atoms with Crippen LogP contribution in [0.5, 0.6) is 0 Å². The number of nitrogens with one attached hydrogen (secondary N) is 1. The lowest BCUT2D eigenvalue weighted by atomic mass is 10.3. The van der Waals surface area contributed by atoms with Gasteiger partial charge in [0.1, 0.15) is 5.82 Å². The maximum atomic E-state index is 4.06. The minimum atomic E-state index is 0.704. The van der Waals surface area contributed by atoms with E-state index >= 15 is 0 Å². The van der Waals surface area contributed by atoms with E-state index < -0.39 is 0 Å². The van der Waals surface area contributed by atoms with Crippen LogP contribution >= 0.6 is 0 Å². The Balaban J connectivity index is 2.56. The summed E-state index contributed by atoms with van der Waals surface area (Å²) in [4.78, 5) is 4.06. The first-order valence-electron chi connectivity index (χ1n) is 4.52. The van der Waals surface area contributed by atoms with Gasteiger partial charge in [0.2, 0.25) is 0 Å². The summed E-state index contributed by atoms with van der Waals surface area (Å²) in [5, 5.41) is 4.01. The Morgan fingerprint density at radius 1 is 1.40 bits per heavy atom. The molecule has 0 atom stereocenters. The monoisotopic (exact) mass is 199 g/mol. The molecule has 0 aliphatic heterocycles. The minimum Gasteiger partial charge on any atom is -0.261 e. The Kier molecular flexibility index (Phi) is 4.60. The number of anilines is 1. The van der Waals surface area contributed by atoms with Crippen LogP contribution in [0.25, 0.3) is 0 Å². The van der Waals surface area contributed by atoms with E-state index in [0.29, 0.717) is 5.82 Å². The molecule has 0 radical (unpaired) electrons. The fraction of sp³-hybridized carbons (Fsp3) is 0. The maximum absolute atomic E-state index is 4.06. The third-order valence-electron chi connectivity index (χ3n) is 1.60. The third-order valence-corrected chi connectivity index (χ3v) is 1.60. The number of hydrogen-bond acceptors (Lipinski definition) is 3. The summed E-state index contributed by atoms with van der Waals surface area (Å²) in [7, 11) is 0. The van der Waals surface area contributed by atoms with Crippen molar-refractivity contribution in [3.05, 3.63) is 61.4 Å². The molecular weight excluding hydrogens is 186 g/mol. The largest absolute Gasteiger partial charge is 0.261 e. The number of rotatable bonds is 5. The number of hydrazone groups is 1. The highest BCUT2D eigenvalue weighted by Gasteiger charge is 1.86. The fourth-order valence-electron chi connectivity index (χ4n) is 0.902. The summed E-state index contributed by atoms with van der Waals surface area (Å²) >= 11 is 0. The van der Waals surface area contributed by atoms with Crippen molar-refractivity contribution >= 4 is 12.0 Å². The second-order valence-electron chi connectivity index (χ2n) is 2.69. The number of hydrogen-bond donors (Lipinski definition) is 1. The van der Waals surface area contributed by atoms with Gasteiger partial charge >= 0.3 is 0 Å². The van der Waals surface area contributed by atoms with Crippen LogP contribution in [0.4, 0.5) is 5.82 Å². The van der Waals surface area contributed by atoms with E-state index in [0.717, 1.165) is 5.57 Å². The van der Waals surface area contributed by atoms with E-state index in [9.17, 15) is 0 Å². The first kappa shape index (κ1) is 10.9. The lowest BCUT2D eigenvalue weighted by molar-refractivity contribution is 1.23. The fourth-order valence-corrected chi connectivity index (χ4v) is 0.902. The molecule has 0 fully saturated rings. The van der Waals surface area contributed by atoms with Crippen LogP contribution in [-0.2, 0) is 0 Å². The molecule has 1 heterocycles. The van der Waals surface area contributed by atoms with E-state index in [4.69, 9.17) is 0 Å². The van der Waals surface area contributed by atoms with Crippen molar-refractivity contribution in [1.82, 2.24) is 4.98 Å². The highest BCUT2D eigenvalue weighted by molar-refractivity contribution is 5.82. The summed E-state index contributed by atoms with van der Waals surface area (Å²) in [5.74, 6) is 0.704. The van der Waals surface area contributed by atoms with E-state index in [2.05, 4.69) is 28.7 Å². The minimum absolute atomic E-state index is 0.704. The van der Waals surface area contributed by atoms with Gasteiger partial charge in [-0.2, -0.15) is 5.10 Å². The van der Waals surface area contributed by atoms with Crippen molar-refractivity contribution in [3.63, 3.8) is 0 Å². The molecule has 15 heavy (non-hydrogen) atoms. The van der Waals surface area contributed by atoms with Gasteiger partial charge in [-0.3, -0.25) is 5.43 Å². The topological polar surface area (TPSA) is 37.3 Å². The van der Waals surface area contributed by atoms with Gasteiger partial charge in [-0.05, 0) is 17.7 Å². The maximum Gasteiger partial charge on any atom is 0.146 e. The van der Waals surface area contributed by atoms with E-state index in [1.165, 1.54) is 0 Å². The Labute approximate surface area is 89.6 Å². The van der Waals surface area contributed by atoms with Gasteiger partial charge in [0, 0.05) is 6.20 Å².